The number of carbonyl (C=O) groups is 1. The summed E-state index contributed by atoms with van der Waals surface area (Å²) in [6.45, 7) is 3.70. The van der Waals surface area contributed by atoms with Crippen LogP contribution in [0.4, 0.5) is 8.78 Å². The lowest BCUT2D eigenvalue weighted by Crippen LogP contribution is -2.50. The van der Waals surface area contributed by atoms with E-state index in [0.29, 0.717) is 5.75 Å². The van der Waals surface area contributed by atoms with E-state index < -0.39 is 32.7 Å². The molecule has 1 N–H and O–H groups in total. The SMILES string of the molecule is CC(C)C(NS(=O)(=O)c1ccccc1F)C(=O)N(C)CCOc1ccc(F)cc1. The summed E-state index contributed by atoms with van der Waals surface area (Å²) in [6.07, 6.45) is 0. The third-order valence-corrected chi connectivity index (χ3v) is 5.70. The van der Waals surface area contributed by atoms with E-state index in [0.717, 1.165) is 12.1 Å². The van der Waals surface area contributed by atoms with Crippen molar-refractivity contribution in [1.82, 2.24) is 9.62 Å². The largest absolute Gasteiger partial charge is 0.492 e. The summed E-state index contributed by atoms with van der Waals surface area (Å²) in [7, 11) is -2.70. The minimum atomic E-state index is -4.22. The van der Waals surface area contributed by atoms with E-state index in [9.17, 15) is 22.0 Å². The number of ether oxygens (including phenoxy) is 1. The Morgan fingerprint density at radius 2 is 1.72 bits per heavy atom. The predicted octanol–water partition coefficient (Wildman–Crippen LogP) is 2.81. The highest BCUT2D eigenvalue weighted by molar-refractivity contribution is 7.89. The molecule has 1 unspecified atom stereocenters. The Hall–Kier alpha value is -2.52. The Morgan fingerprint density at radius 3 is 2.31 bits per heavy atom. The maximum Gasteiger partial charge on any atom is 0.244 e. The van der Waals surface area contributed by atoms with Gasteiger partial charge in [-0.2, -0.15) is 4.72 Å². The van der Waals surface area contributed by atoms with Gasteiger partial charge in [-0.25, -0.2) is 17.2 Å². The molecule has 2 aromatic rings. The molecule has 0 aliphatic rings. The van der Waals surface area contributed by atoms with Crippen LogP contribution in [-0.4, -0.2) is 45.5 Å². The van der Waals surface area contributed by atoms with Gasteiger partial charge in [-0.3, -0.25) is 4.79 Å². The van der Waals surface area contributed by atoms with E-state index in [2.05, 4.69) is 4.72 Å². The predicted molar refractivity (Wildman–Crippen MR) is 105 cm³/mol. The first-order chi connectivity index (χ1) is 13.6. The second-order valence-corrected chi connectivity index (χ2v) is 8.52. The summed E-state index contributed by atoms with van der Waals surface area (Å²) < 4.78 is 59.6. The fourth-order valence-electron chi connectivity index (χ4n) is 2.54. The van der Waals surface area contributed by atoms with Gasteiger partial charge in [0.1, 0.15) is 34.9 Å². The highest BCUT2D eigenvalue weighted by Gasteiger charge is 2.31. The van der Waals surface area contributed by atoms with Crippen molar-refractivity contribution in [3.8, 4) is 5.75 Å². The van der Waals surface area contributed by atoms with E-state index in [1.54, 1.807) is 13.8 Å². The highest BCUT2D eigenvalue weighted by Crippen LogP contribution is 2.16. The molecular weight excluding hydrogens is 402 g/mol. The first-order valence-corrected chi connectivity index (χ1v) is 10.5. The molecule has 29 heavy (non-hydrogen) atoms. The fourth-order valence-corrected chi connectivity index (χ4v) is 3.96. The number of likely N-dealkylation sites (N-methyl/N-ethyl adjacent to an activating group) is 1. The molecule has 1 atom stereocenters. The van der Waals surface area contributed by atoms with Crippen LogP contribution < -0.4 is 9.46 Å². The van der Waals surface area contributed by atoms with Crippen LogP contribution >= 0.6 is 0 Å². The molecule has 0 saturated carbocycles. The molecule has 9 heteroatoms. The first kappa shape index (κ1) is 22.8. The number of amides is 1. The van der Waals surface area contributed by atoms with Gasteiger partial charge in [-0.15, -0.1) is 0 Å². The van der Waals surface area contributed by atoms with Gasteiger partial charge in [-0.1, -0.05) is 26.0 Å². The average molecular weight is 426 g/mol. The second-order valence-electron chi connectivity index (χ2n) is 6.84. The maximum absolute atomic E-state index is 13.9. The van der Waals surface area contributed by atoms with Crippen molar-refractivity contribution < 1.29 is 26.7 Å². The van der Waals surface area contributed by atoms with Crippen molar-refractivity contribution in [2.75, 3.05) is 20.2 Å². The maximum atomic E-state index is 13.9. The monoisotopic (exact) mass is 426 g/mol. The lowest BCUT2D eigenvalue weighted by atomic mass is 10.0. The molecule has 158 valence electrons. The van der Waals surface area contributed by atoms with Crippen molar-refractivity contribution in [3.05, 3.63) is 60.2 Å². The second kappa shape index (κ2) is 9.80. The van der Waals surface area contributed by atoms with Crippen LogP contribution in [0.25, 0.3) is 0 Å². The summed E-state index contributed by atoms with van der Waals surface area (Å²) >= 11 is 0. The van der Waals surface area contributed by atoms with E-state index in [1.807, 2.05) is 0 Å². The third kappa shape index (κ3) is 6.23. The molecule has 0 aromatic heterocycles. The highest BCUT2D eigenvalue weighted by atomic mass is 32.2. The minimum absolute atomic E-state index is 0.138. The Kier molecular flexibility index (Phi) is 7.69. The standard InChI is InChI=1S/C20H24F2N2O4S/c1-14(2)19(23-29(26,27)18-7-5-4-6-17(18)22)20(25)24(3)12-13-28-16-10-8-15(21)9-11-16/h4-11,14,19,23H,12-13H2,1-3H3. The summed E-state index contributed by atoms with van der Waals surface area (Å²) in [5, 5.41) is 0. The average Bonchev–Trinajstić information content (AvgIpc) is 2.67. The smallest absolute Gasteiger partial charge is 0.244 e. The molecule has 0 radical (unpaired) electrons. The van der Waals surface area contributed by atoms with Crippen LogP contribution in [0.2, 0.25) is 0 Å². The van der Waals surface area contributed by atoms with Crippen molar-refractivity contribution in [1.29, 1.82) is 0 Å². The number of carbonyl (C=O) groups excluding carboxylic acids is 1. The van der Waals surface area contributed by atoms with Gasteiger partial charge in [0, 0.05) is 7.05 Å². The molecular formula is C20H24F2N2O4S. The molecule has 1 amide bonds. The summed E-state index contributed by atoms with van der Waals surface area (Å²) in [6, 6.07) is 9.35. The number of nitrogens with one attached hydrogen (secondary N) is 1. The van der Waals surface area contributed by atoms with Gasteiger partial charge in [0.25, 0.3) is 0 Å². The lowest BCUT2D eigenvalue weighted by Gasteiger charge is -2.27. The van der Waals surface area contributed by atoms with Crippen LogP contribution in [0.15, 0.2) is 53.4 Å². The molecule has 2 aromatic carbocycles. The number of rotatable bonds is 9. The number of hydrogen-bond acceptors (Lipinski definition) is 4. The van der Waals surface area contributed by atoms with Gasteiger partial charge in [0.05, 0.1) is 6.54 Å². The fraction of sp³-hybridized carbons (Fsp3) is 0.350. The topological polar surface area (TPSA) is 75.7 Å². The zero-order valence-corrected chi connectivity index (χ0v) is 17.2. The molecule has 0 aliphatic carbocycles. The minimum Gasteiger partial charge on any atom is -0.492 e. The van der Waals surface area contributed by atoms with E-state index >= 15 is 0 Å². The van der Waals surface area contributed by atoms with Crippen molar-refractivity contribution in [3.63, 3.8) is 0 Å². The van der Waals surface area contributed by atoms with Crippen molar-refractivity contribution in [2.45, 2.75) is 24.8 Å². The van der Waals surface area contributed by atoms with Gasteiger partial charge in [0.2, 0.25) is 15.9 Å². The Labute approximate surface area is 169 Å². The number of hydrogen-bond donors (Lipinski definition) is 1. The van der Waals surface area contributed by atoms with Crippen molar-refractivity contribution in [2.24, 2.45) is 5.92 Å². The number of nitrogens with zero attached hydrogens (tertiary/aromatic N) is 1. The normalized spacial score (nSPS) is 12.6. The summed E-state index contributed by atoms with van der Waals surface area (Å²) in [4.78, 5) is 13.6. The summed E-state index contributed by atoms with van der Waals surface area (Å²) in [5.74, 6) is -1.66. The molecule has 0 saturated heterocycles. The van der Waals surface area contributed by atoms with Crippen LogP contribution in [0.5, 0.6) is 5.75 Å². The van der Waals surface area contributed by atoms with Gasteiger partial charge < -0.3 is 9.64 Å². The molecule has 0 aliphatic heterocycles. The van der Waals surface area contributed by atoms with Crippen LogP contribution in [0.1, 0.15) is 13.8 Å². The Bertz CT molecular complexity index is 934. The van der Waals surface area contributed by atoms with Crippen LogP contribution in [0, 0.1) is 17.6 Å². The molecule has 0 heterocycles. The Balaban J connectivity index is 2.02. The van der Waals surface area contributed by atoms with Gasteiger partial charge >= 0.3 is 0 Å². The zero-order chi connectivity index (χ0) is 21.6. The summed E-state index contributed by atoms with van der Waals surface area (Å²) in [5.41, 5.74) is 0. The van der Waals surface area contributed by atoms with Crippen LogP contribution in [-0.2, 0) is 14.8 Å². The quantitative estimate of drug-likeness (QED) is 0.669. The van der Waals surface area contributed by atoms with Gasteiger partial charge in [-0.05, 0) is 42.3 Å². The molecule has 0 spiro atoms. The number of halogens is 2. The number of sulfonamides is 1. The van der Waals surface area contributed by atoms with Crippen LogP contribution in [0.3, 0.4) is 0 Å². The first-order valence-electron chi connectivity index (χ1n) is 9.02. The van der Waals surface area contributed by atoms with E-state index in [1.165, 1.54) is 48.3 Å². The molecule has 2 rings (SSSR count). The molecule has 6 nitrogen and oxygen atoms in total. The van der Waals surface area contributed by atoms with E-state index in [4.69, 9.17) is 4.74 Å². The van der Waals surface area contributed by atoms with Gasteiger partial charge in [0.15, 0.2) is 0 Å². The molecule has 0 bridgehead atoms. The zero-order valence-electron chi connectivity index (χ0n) is 16.4. The lowest BCUT2D eigenvalue weighted by molar-refractivity contribution is -0.133. The third-order valence-electron chi connectivity index (χ3n) is 4.23. The molecule has 0 fully saturated rings. The van der Waals surface area contributed by atoms with Crippen molar-refractivity contribution >= 4 is 15.9 Å². The van der Waals surface area contributed by atoms with E-state index in [-0.39, 0.29) is 24.9 Å². The number of benzene rings is 2. The Morgan fingerprint density at radius 1 is 1.10 bits per heavy atom.